The summed E-state index contributed by atoms with van der Waals surface area (Å²) in [6, 6.07) is 1.94. The molecule has 2 aromatic rings. The van der Waals surface area contributed by atoms with Gasteiger partial charge in [0.25, 0.3) is 5.56 Å². The molecule has 7 heteroatoms. The molecule has 0 saturated carbocycles. The number of nitrogens with zero attached hydrogens (tertiary/aromatic N) is 4. The molecule has 0 aliphatic heterocycles. The van der Waals surface area contributed by atoms with Crippen LogP contribution in [0.25, 0.3) is 0 Å². The normalized spacial score (nSPS) is 12.6. The van der Waals surface area contributed by atoms with Crippen LogP contribution in [0.15, 0.2) is 29.5 Å². The Kier molecular flexibility index (Phi) is 5.01. The monoisotopic (exact) mass is 309 g/mol. The van der Waals surface area contributed by atoms with E-state index in [1.54, 1.807) is 12.4 Å². The molecule has 21 heavy (non-hydrogen) atoms. The topological polar surface area (TPSA) is 64.7 Å². The molecular weight excluding hydrogens is 290 g/mol. The molecule has 1 N–H and O–H groups in total. The molecule has 0 aliphatic rings. The van der Waals surface area contributed by atoms with E-state index >= 15 is 0 Å². The number of nitrogens with one attached hydrogen (secondary N) is 1. The predicted molar refractivity (Wildman–Crippen MR) is 83.7 cm³/mol. The molecule has 2 aromatic heterocycles. The van der Waals surface area contributed by atoms with Crippen LogP contribution in [0.2, 0.25) is 5.02 Å². The maximum atomic E-state index is 12.1. The van der Waals surface area contributed by atoms with Crippen LogP contribution in [0.1, 0.15) is 20.8 Å². The van der Waals surface area contributed by atoms with Gasteiger partial charge in [-0.1, -0.05) is 25.4 Å². The van der Waals surface area contributed by atoms with Crippen molar-refractivity contribution in [3.63, 3.8) is 0 Å². The predicted octanol–water partition coefficient (Wildman–Crippen LogP) is 2.25. The quantitative estimate of drug-likeness (QED) is 0.889. The molecule has 0 fully saturated rings. The molecule has 0 aliphatic carbocycles. The highest BCUT2D eigenvalue weighted by Crippen LogP contribution is 2.17. The molecule has 0 amide bonds. The van der Waals surface area contributed by atoms with E-state index < -0.39 is 0 Å². The molecule has 0 aromatic carbocycles. The summed E-state index contributed by atoms with van der Waals surface area (Å²) in [4.78, 5) is 12.1. The molecule has 1 unspecified atom stereocenters. The maximum Gasteiger partial charge on any atom is 0.287 e. The number of halogens is 1. The smallest absolute Gasteiger partial charge is 0.287 e. The molecule has 114 valence electrons. The molecule has 0 bridgehead atoms. The van der Waals surface area contributed by atoms with E-state index in [9.17, 15) is 4.79 Å². The van der Waals surface area contributed by atoms with Crippen molar-refractivity contribution >= 4 is 17.3 Å². The lowest BCUT2D eigenvalue weighted by Crippen LogP contribution is -2.28. The Bertz CT molecular complexity index is 635. The summed E-state index contributed by atoms with van der Waals surface area (Å²) in [5.41, 5.74) is 0.294. The summed E-state index contributed by atoms with van der Waals surface area (Å²) in [5.74, 6) is 0.337. The third kappa shape index (κ3) is 4.07. The van der Waals surface area contributed by atoms with Crippen molar-refractivity contribution in [3.05, 3.63) is 40.0 Å². The van der Waals surface area contributed by atoms with Crippen LogP contribution in [0.4, 0.5) is 5.69 Å². The van der Waals surface area contributed by atoms with E-state index in [0.717, 1.165) is 0 Å². The molecule has 2 rings (SSSR count). The second kappa shape index (κ2) is 6.76. The van der Waals surface area contributed by atoms with Gasteiger partial charge in [-0.3, -0.25) is 9.48 Å². The van der Waals surface area contributed by atoms with Crippen molar-refractivity contribution in [2.45, 2.75) is 39.9 Å². The van der Waals surface area contributed by atoms with Gasteiger partial charge >= 0.3 is 0 Å². The van der Waals surface area contributed by atoms with E-state index in [2.05, 4.69) is 15.5 Å². The van der Waals surface area contributed by atoms with Crippen molar-refractivity contribution in [2.75, 3.05) is 5.32 Å². The molecule has 2 heterocycles. The van der Waals surface area contributed by atoms with Gasteiger partial charge in [0.1, 0.15) is 5.02 Å². The van der Waals surface area contributed by atoms with Crippen LogP contribution in [-0.2, 0) is 13.1 Å². The summed E-state index contributed by atoms with van der Waals surface area (Å²) < 4.78 is 3.22. The van der Waals surface area contributed by atoms with Crippen molar-refractivity contribution in [1.82, 2.24) is 19.6 Å². The number of anilines is 1. The average molecular weight is 310 g/mol. The first-order valence-electron chi connectivity index (χ1n) is 6.97. The highest BCUT2D eigenvalue weighted by molar-refractivity contribution is 6.32. The number of hydrogen-bond acceptors (Lipinski definition) is 4. The minimum atomic E-state index is -0.262. The van der Waals surface area contributed by atoms with Crippen LogP contribution >= 0.6 is 11.6 Å². The molecule has 0 radical (unpaired) electrons. The average Bonchev–Trinajstić information content (AvgIpc) is 2.91. The van der Waals surface area contributed by atoms with Gasteiger partial charge in [-0.15, -0.1) is 0 Å². The fourth-order valence-electron chi connectivity index (χ4n) is 2.04. The van der Waals surface area contributed by atoms with Crippen LogP contribution in [0, 0.1) is 5.92 Å². The van der Waals surface area contributed by atoms with Crippen LogP contribution < -0.4 is 10.9 Å². The second-order valence-corrected chi connectivity index (χ2v) is 5.90. The molecule has 6 nitrogen and oxygen atoms in total. The summed E-state index contributed by atoms with van der Waals surface area (Å²) in [7, 11) is 0. The lowest BCUT2D eigenvalue weighted by molar-refractivity contribution is 0.463. The van der Waals surface area contributed by atoms with Gasteiger partial charge < -0.3 is 5.32 Å². The molecule has 0 spiro atoms. The van der Waals surface area contributed by atoms with Gasteiger partial charge in [-0.05, 0) is 18.9 Å². The Balaban J connectivity index is 2.10. The Morgan fingerprint density at radius 3 is 2.67 bits per heavy atom. The molecule has 0 saturated heterocycles. The summed E-state index contributed by atoms with van der Waals surface area (Å²) >= 11 is 6.15. The highest BCUT2D eigenvalue weighted by atomic mass is 35.5. The van der Waals surface area contributed by atoms with Gasteiger partial charge in [0, 0.05) is 25.0 Å². The van der Waals surface area contributed by atoms with Crippen molar-refractivity contribution in [2.24, 2.45) is 5.92 Å². The van der Waals surface area contributed by atoms with Crippen molar-refractivity contribution in [3.8, 4) is 0 Å². The first-order chi connectivity index (χ1) is 9.97. The third-order valence-electron chi connectivity index (χ3n) is 2.94. The first kappa shape index (κ1) is 15.6. The van der Waals surface area contributed by atoms with Crippen molar-refractivity contribution in [1.29, 1.82) is 0 Å². The van der Waals surface area contributed by atoms with Crippen LogP contribution in [0.3, 0.4) is 0 Å². The Hall–Kier alpha value is -1.82. The minimum Gasteiger partial charge on any atom is -0.378 e. The number of rotatable bonds is 6. The lowest BCUT2D eigenvalue weighted by Gasteiger charge is -2.17. The largest absolute Gasteiger partial charge is 0.378 e. The number of aromatic nitrogens is 4. The Morgan fingerprint density at radius 2 is 2.05 bits per heavy atom. The summed E-state index contributed by atoms with van der Waals surface area (Å²) in [6.45, 7) is 7.29. The zero-order valence-corrected chi connectivity index (χ0v) is 13.2. The fraction of sp³-hybridized carbons (Fsp3) is 0.500. The van der Waals surface area contributed by atoms with E-state index in [1.165, 1.54) is 4.68 Å². The van der Waals surface area contributed by atoms with Gasteiger partial charge in [0.15, 0.2) is 0 Å². The zero-order chi connectivity index (χ0) is 15.4. The minimum absolute atomic E-state index is 0.0737. The van der Waals surface area contributed by atoms with Crippen LogP contribution in [0.5, 0.6) is 0 Å². The first-order valence-corrected chi connectivity index (χ1v) is 7.34. The summed E-state index contributed by atoms with van der Waals surface area (Å²) in [5, 5.41) is 11.7. The SMILES string of the molecule is CC(C)Cn1ncc(NC(C)Cn2cccn2)c(Cl)c1=O. The molecule has 1 atom stereocenters. The van der Waals surface area contributed by atoms with E-state index in [4.69, 9.17) is 11.6 Å². The van der Waals surface area contributed by atoms with Gasteiger partial charge in [-0.25, -0.2) is 4.68 Å². The number of hydrogen-bond donors (Lipinski definition) is 1. The maximum absolute atomic E-state index is 12.1. The van der Waals surface area contributed by atoms with Crippen LogP contribution in [-0.4, -0.2) is 25.6 Å². The van der Waals surface area contributed by atoms with E-state index in [1.807, 2.05) is 37.7 Å². The molecular formula is C14H20ClN5O. The Labute approximate surface area is 128 Å². The van der Waals surface area contributed by atoms with Gasteiger partial charge in [0.2, 0.25) is 0 Å². The van der Waals surface area contributed by atoms with E-state index in [-0.39, 0.29) is 16.6 Å². The second-order valence-electron chi connectivity index (χ2n) is 5.53. The van der Waals surface area contributed by atoms with Crippen molar-refractivity contribution < 1.29 is 0 Å². The zero-order valence-electron chi connectivity index (χ0n) is 12.5. The van der Waals surface area contributed by atoms with E-state index in [0.29, 0.717) is 24.7 Å². The Morgan fingerprint density at radius 1 is 1.29 bits per heavy atom. The summed E-state index contributed by atoms with van der Waals surface area (Å²) in [6.07, 6.45) is 5.22. The third-order valence-corrected chi connectivity index (χ3v) is 3.31. The highest BCUT2D eigenvalue weighted by Gasteiger charge is 2.12. The standard InChI is InChI=1S/C14H20ClN5O/c1-10(2)8-20-14(21)13(15)12(7-17-20)18-11(3)9-19-6-4-5-16-19/h4-7,10-11,18H,8-9H2,1-3H3. The lowest BCUT2D eigenvalue weighted by atomic mass is 10.2. The van der Waals surface area contributed by atoms with Gasteiger partial charge in [0.05, 0.1) is 18.4 Å². The fourth-order valence-corrected chi connectivity index (χ4v) is 2.24. The van der Waals surface area contributed by atoms with Gasteiger partial charge in [-0.2, -0.15) is 10.2 Å².